The summed E-state index contributed by atoms with van der Waals surface area (Å²) in [6, 6.07) is 6.81. The van der Waals surface area contributed by atoms with Crippen molar-refractivity contribution in [1.82, 2.24) is 10.3 Å². The average Bonchev–Trinajstić information content (AvgIpc) is 2.94. The third-order valence-electron chi connectivity index (χ3n) is 2.83. The Morgan fingerprint density at radius 3 is 2.85 bits per heavy atom. The Morgan fingerprint density at radius 1 is 1.35 bits per heavy atom. The van der Waals surface area contributed by atoms with Crippen LogP contribution >= 0.6 is 11.3 Å². The highest BCUT2D eigenvalue weighted by atomic mass is 32.1. The van der Waals surface area contributed by atoms with Gasteiger partial charge in [-0.1, -0.05) is 25.1 Å². The first-order chi connectivity index (χ1) is 9.66. The summed E-state index contributed by atoms with van der Waals surface area (Å²) in [7, 11) is 0. The van der Waals surface area contributed by atoms with Crippen LogP contribution < -0.4 is 10.1 Å². The van der Waals surface area contributed by atoms with E-state index in [1.165, 1.54) is 0 Å². The number of hydrogen-bond acceptors (Lipinski definition) is 4. The summed E-state index contributed by atoms with van der Waals surface area (Å²) in [4.78, 5) is 4.25. The van der Waals surface area contributed by atoms with Crippen molar-refractivity contribution in [3.05, 3.63) is 46.4 Å². The summed E-state index contributed by atoms with van der Waals surface area (Å²) < 4.78 is 29.1. The van der Waals surface area contributed by atoms with Crippen molar-refractivity contribution in [2.75, 3.05) is 6.54 Å². The van der Waals surface area contributed by atoms with Crippen molar-refractivity contribution in [2.24, 2.45) is 0 Å². The number of thiazole rings is 1. The molecule has 0 saturated carbocycles. The quantitative estimate of drug-likeness (QED) is 0.847. The maximum absolute atomic E-state index is 12.3. The molecule has 108 valence electrons. The molecule has 2 aromatic rings. The fraction of sp³-hybridized carbons (Fsp3) is 0.357. The number of nitrogens with zero attached hydrogens (tertiary/aromatic N) is 1. The summed E-state index contributed by atoms with van der Waals surface area (Å²) in [5.41, 5.74) is 0.721. The predicted octanol–water partition coefficient (Wildman–Crippen LogP) is 3.64. The molecule has 3 nitrogen and oxygen atoms in total. The summed E-state index contributed by atoms with van der Waals surface area (Å²) in [5.74, 6) is 0.509. The van der Waals surface area contributed by atoms with Crippen LogP contribution in [0.2, 0.25) is 0 Å². The van der Waals surface area contributed by atoms with Gasteiger partial charge in [0.25, 0.3) is 0 Å². The largest absolute Gasteiger partial charge is 0.434 e. The lowest BCUT2D eigenvalue weighted by atomic mass is 10.1. The fourth-order valence-electron chi connectivity index (χ4n) is 1.85. The Labute approximate surface area is 120 Å². The molecule has 1 heterocycles. The Morgan fingerprint density at radius 2 is 2.15 bits per heavy atom. The molecule has 20 heavy (non-hydrogen) atoms. The van der Waals surface area contributed by atoms with Crippen molar-refractivity contribution in [1.29, 1.82) is 0 Å². The topological polar surface area (TPSA) is 34.1 Å². The fourth-order valence-corrected chi connectivity index (χ4v) is 2.55. The molecular formula is C14H16F2N2OS. The van der Waals surface area contributed by atoms with Gasteiger partial charge in [0.1, 0.15) is 5.75 Å². The molecule has 2 rings (SSSR count). The molecule has 0 saturated heterocycles. The predicted molar refractivity (Wildman–Crippen MR) is 75.3 cm³/mol. The zero-order valence-corrected chi connectivity index (χ0v) is 11.9. The van der Waals surface area contributed by atoms with E-state index < -0.39 is 6.61 Å². The highest BCUT2D eigenvalue weighted by Gasteiger charge is 2.10. The van der Waals surface area contributed by atoms with Crippen LogP contribution in [0.4, 0.5) is 8.78 Å². The second-order valence-corrected chi connectivity index (χ2v) is 5.31. The van der Waals surface area contributed by atoms with Crippen LogP contribution in [0, 0.1) is 0 Å². The van der Waals surface area contributed by atoms with E-state index >= 15 is 0 Å². The van der Waals surface area contributed by atoms with E-state index in [1.807, 2.05) is 5.38 Å². The molecule has 0 amide bonds. The van der Waals surface area contributed by atoms with Gasteiger partial charge in [0.15, 0.2) is 0 Å². The van der Waals surface area contributed by atoms with E-state index in [-0.39, 0.29) is 11.7 Å². The van der Waals surface area contributed by atoms with E-state index in [9.17, 15) is 8.78 Å². The van der Waals surface area contributed by atoms with Crippen LogP contribution in [-0.4, -0.2) is 18.1 Å². The van der Waals surface area contributed by atoms with E-state index in [1.54, 1.807) is 41.8 Å². The number of para-hydroxylation sites is 1. The third-order valence-corrected chi connectivity index (χ3v) is 3.83. The number of halogens is 2. The SMILES string of the molecule is CC(CNCc1ccccc1OC(F)F)c1nccs1. The van der Waals surface area contributed by atoms with E-state index in [0.29, 0.717) is 6.54 Å². The van der Waals surface area contributed by atoms with Gasteiger partial charge in [0.05, 0.1) is 5.01 Å². The smallest absolute Gasteiger partial charge is 0.387 e. The van der Waals surface area contributed by atoms with Crippen LogP contribution in [0.25, 0.3) is 0 Å². The van der Waals surface area contributed by atoms with Crippen LogP contribution in [0.1, 0.15) is 23.4 Å². The number of ether oxygens (including phenoxy) is 1. The van der Waals surface area contributed by atoms with Gasteiger partial charge in [-0.15, -0.1) is 11.3 Å². The molecule has 6 heteroatoms. The van der Waals surface area contributed by atoms with Crippen molar-refractivity contribution >= 4 is 11.3 Å². The molecule has 1 aromatic heterocycles. The molecular weight excluding hydrogens is 282 g/mol. The Hall–Kier alpha value is -1.53. The second-order valence-electron chi connectivity index (χ2n) is 4.39. The molecule has 0 fully saturated rings. The van der Waals surface area contributed by atoms with Crippen molar-refractivity contribution < 1.29 is 13.5 Å². The summed E-state index contributed by atoms with van der Waals surface area (Å²) in [6.45, 7) is 0.494. The highest BCUT2D eigenvalue weighted by Crippen LogP contribution is 2.21. The van der Waals surface area contributed by atoms with Crippen molar-refractivity contribution in [3.8, 4) is 5.75 Å². The molecule has 0 spiro atoms. The number of benzene rings is 1. The van der Waals surface area contributed by atoms with E-state index in [0.717, 1.165) is 17.1 Å². The minimum absolute atomic E-state index is 0.219. The monoisotopic (exact) mass is 298 g/mol. The molecule has 1 aromatic carbocycles. The first-order valence-electron chi connectivity index (χ1n) is 6.29. The Bertz CT molecular complexity index is 520. The lowest BCUT2D eigenvalue weighted by molar-refractivity contribution is -0.0504. The molecule has 1 atom stereocenters. The van der Waals surface area contributed by atoms with Gasteiger partial charge in [-0.25, -0.2) is 4.98 Å². The van der Waals surface area contributed by atoms with E-state index in [2.05, 4.69) is 22.0 Å². The average molecular weight is 298 g/mol. The summed E-state index contributed by atoms with van der Waals surface area (Å²) >= 11 is 1.61. The molecule has 1 unspecified atom stereocenters. The van der Waals surface area contributed by atoms with Crippen LogP contribution in [0.3, 0.4) is 0 Å². The summed E-state index contributed by atoms with van der Waals surface area (Å²) in [6.07, 6.45) is 1.78. The zero-order valence-electron chi connectivity index (χ0n) is 11.1. The van der Waals surface area contributed by atoms with Crippen LogP contribution in [0.15, 0.2) is 35.8 Å². The first kappa shape index (κ1) is 14.9. The molecule has 0 radical (unpaired) electrons. The lowest BCUT2D eigenvalue weighted by Crippen LogP contribution is -2.20. The zero-order chi connectivity index (χ0) is 14.4. The third kappa shape index (κ3) is 4.25. The van der Waals surface area contributed by atoms with Crippen LogP contribution in [0.5, 0.6) is 5.75 Å². The van der Waals surface area contributed by atoms with E-state index in [4.69, 9.17) is 0 Å². The molecule has 1 N–H and O–H groups in total. The van der Waals surface area contributed by atoms with Gasteiger partial charge >= 0.3 is 6.61 Å². The standard InChI is InChI=1S/C14H16F2N2OS/c1-10(13-18-6-7-20-13)8-17-9-11-4-2-3-5-12(11)19-14(15)16/h2-7,10,14,17H,8-9H2,1H3. The van der Waals surface area contributed by atoms with Gasteiger partial charge in [0.2, 0.25) is 0 Å². The van der Waals surface area contributed by atoms with Gasteiger partial charge in [-0.05, 0) is 6.07 Å². The number of aromatic nitrogens is 1. The number of nitrogens with one attached hydrogen (secondary N) is 1. The molecule has 0 aliphatic rings. The Kier molecular flexibility index (Phi) is 5.43. The lowest BCUT2D eigenvalue weighted by Gasteiger charge is -2.13. The van der Waals surface area contributed by atoms with Gasteiger partial charge in [0, 0.05) is 36.1 Å². The van der Waals surface area contributed by atoms with Crippen molar-refractivity contribution in [3.63, 3.8) is 0 Å². The number of alkyl halides is 2. The molecule has 0 aliphatic heterocycles. The van der Waals surface area contributed by atoms with Crippen LogP contribution in [-0.2, 0) is 6.54 Å². The maximum Gasteiger partial charge on any atom is 0.387 e. The number of rotatable bonds is 7. The summed E-state index contributed by atoms with van der Waals surface area (Å²) in [5, 5.41) is 6.25. The highest BCUT2D eigenvalue weighted by molar-refractivity contribution is 7.09. The minimum atomic E-state index is -2.80. The van der Waals surface area contributed by atoms with Gasteiger partial charge in [-0.2, -0.15) is 8.78 Å². The number of hydrogen-bond donors (Lipinski definition) is 1. The normalized spacial score (nSPS) is 12.6. The second kappa shape index (κ2) is 7.31. The van der Waals surface area contributed by atoms with Gasteiger partial charge < -0.3 is 10.1 Å². The van der Waals surface area contributed by atoms with Crippen molar-refractivity contribution in [2.45, 2.75) is 26.0 Å². The Balaban J connectivity index is 1.88. The minimum Gasteiger partial charge on any atom is -0.434 e. The molecule has 0 aliphatic carbocycles. The first-order valence-corrected chi connectivity index (χ1v) is 7.17. The maximum atomic E-state index is 12.3. The van der Waals surface area contributed by atoms with Gasteiger partial charge in [-0.3, -0.25) is 0 Å². The molecule has 0 bridgehead atoms.